The van der Waals surface area contributed by atoms with Gasteiger partial charge in [-0.2, -0.15) is 5.10 Å². The molecule has 1 aliphatic rings. The third-order valence-corrected chi connectivity index (χ3v) is 7.24. The summed E-state index contributed by atoms with van der Waals surface area (Å²) in [6, 6.07) is 30.4. The zero-order valence-corrected chi connectivity index (χ0v) is 20.4. The molecule has 37 heavy (non-hydrogen) atoms. The molecule has 0 N–H and O–H groups in total. The first kappa shape index (κ1) is 23.2. The first-order valence-corrected chi connectivity index (χ1v) is 12.7. The van der Waals surface area contributed by atoms with Gasteiger partial charge in [0.2, 0.25) is 0 Å². The highest BCUT2D eigenvalue weighted by molar-refractivity contribution is 5.89. The van der Waals surface area contributed by atoms with Crippen molar-refractivity contribution in [1.82, 2.24) is 9.78 Å². The van der Waals surface area contributed by atoms with Gasteiger partial charge in [-0.05, 0) is 78.4 Å². The number of carbonyl (C=O) groups excluding carboxylic acids is 1. The quantitative estimate of drug-likeness (QED) is 0.237. The zero-order valence-electron chi connectivity index (χ0n) is 20.4. The van der Waals surface area contributed by atoms with E-state index in [2.05, 4.69) is 42.5 Å². The minimum Gasteiger partial charge on any atom is -0.455 e. The number of aromatic nitrogens is 2. The monoisotopic (exact) mass is 490 g/mol. The largest absolute Gasteiger partial charge is 0.455 e. The summed E-state index contributed by atoms with van der Waals surface area (Å²) in [7, 11) is 0. The lowest BCUT2D eigenvalue weighted by atomic mass is 9.82. The molecule has 0 aliphatic heterocycles. The van der Waals surface area contributed by atoms with Crippen molar-refractivity contribution < 1.29 is 13.9 Å². The molecule has 1 aromatic heterocycles. The van der Waals surface area contributed by atoms with Gasteiger partial charge in [-0.3, -0.25) is 0 Å². The maximum absolute atomic E-state index is 13.7. The molecule has 0 saturated carbocycles. The van der Waals surface area contributed by atoms with Gasteiger partial charge in [0.1, 0.15) is 18.1 Å². The lowest BCUT2D eigenvalue weighted by Gasteiger charge is -2.25. The lowest BCUT2D eigenvalue weighted by Crippen LogP contribution is -2.16. The first-order chi connectivity index (χ1) is 18.2. The van der Waals surface area contributed by atoms with Crippen LogP contribution in [0.3, 0.4) is 0 Å². The fraction of sp³-hybridized carbons (Fsp3) is 0.188. The topological polar surface area (TPSA) is 44.1 Å². The predicted molar refractivity (Wildman–Crippen MR) is 142 cm³/mol. The van der Waals surface area contributed by atoms with Crippen molar-refractivity contribution in [3.63, 3.8) is 0 Å². The number of hydrogen-bond donors (Lipinski definition) is 0. The van der Waals surface area contributed by atoms with Crippen molar-refractivity contribution in [2.75, 3.05) is 0 Å². The van der Waals surface area contributed by atoms with Gasteiger partial charge in [-0.15, -0.1) is 0 Å². The molecular formula is C32H27FN2O2. The number of ether oxygens (including phenoxy) is 1. The Morgan fingerprint density at radius 1 is 0.919 bits per heavy atom. The average molecular weight is 491 g/mol. The highest BCUT2D eigenvalue weighted by Gasteiger charge is 2.30. The Kier molecular flexibility index (Phi) is 6.27. The van der Waals surface area contributed by atoms with Crippen LogP contribution in [-0.2, 0) is 24.2 Å². The summed E-state index contributed by atoms with van der Waals surface area (Å²) in [6.45, 7) is 0.102. The summed E-state index contributed by atoms with van der Waals surface area (Å²) in [5.41, 5.74) is 5.68. The summed E-state index contributed by atoms with van der Waals surface area (Å²) in [4.78, 5) is 12.6. The molecule has 1 unspecified atom stereocenters. The van der Waals surface area contributed by atoms with Crippen LogP contribution in [0.5, 0.6) is 0 Å². The molecule has 0 saturated heterocycles. The van der Waals surface area contributed by atoms with Gasteiger partial charge in [0, 0.05) is 11.5 Å². The van der Waals surface area contributed by atoms with E-state index in [0.717, 1.165) is 48.3 Å². The molecule has 0 amide bonds. The van der Waals surface area contributed by atoms with Crippen LogP contribution in [0, 0.1) is 5.82 Å². The van der Waals surface area contributed by atoms with Crippen molar-refractivity contribution in [2.45, 2.75) is 38.2 Å². The fourth-order valence-corrected chi connectivity index (χ4v) is 5.49. The van der Waals surface area contributed by atoms with Crippen LogP contribution in [-0.4, -0.2) is 15.7 Å². The van der Waals surface area contributed by atoms with Crippen LogP contribution in [0.15, 0.2) is 97.1 Å². The van der Waals surface area contributed by atoms with Crippen LogP contribution >= 0.6 is 0 Å². The number of esters is 1. The molecule has 0 spiro atoms. The molecule has 1 heterocycles. The summed E-state index contributed by atoms with van der Waals surface area (Å²) >= 11 is 0. The Bertz CT molecular complexity index is 1550. The smallest absolute Gasteiger partial charge is 0.338 e. The van der Waals surface area contributed by atoms with Crippen LogP contribution in [0.1, 0.15) is 51.6 Å². The maximum atomic E-state index is 13.7. The minimum absolute atomic E-state index is 0.102. The number of fused-ring (bicyclic) bond motifs is 2. The van der Waals surface area contributed by atoms with E-state index < -0.39 is 0 Å². The summed E-state index contributed by atoms with van der Waals surface area (Å²) in [5.74, 6) is -0.409. The van der Waals surface area contributed by atoms with Crippen molar-refractivity contribution >= 4 is 16.7 Å². The Balaban J connectivity index is 1.38. The molecular weight excluding hydrogens is 463 g/mol. The second kappa shape index (κ2) is 10.0. The van der Waals surface area contributed by atoms with E-state index in [1.54, 1.807) is 24.3 Å². The third-order valence-electron chi connectivity index (χ3n) is 7.24. The molecule has 0 fully saturated rings. The zero-order chi connectivity index (χ0) is 25.2. The SMILES string of the molecule is O=C(OCc1nn(-c2ccc(F)cc2)c2c1CCCC2Cc1cccc2ccccc12)c1ccccc1. The molecule has 6 rings (SSSR count). The number of carbonyl (C=O) groups is 1. The predicted octanol–water partition coefficient (Wildman–Crippen LogP) is 7.18. The fourth-order valence-electron chi connectivity index (χ4n) is 5.49. The van der Waals surface area contributed by atoms with Crippen molar-refractivity contribution in [1.29, 1.82) is 0 Å². The molecule has 0 bridgehead atoms. The van der Waals surface area contributed by atoms with Crippen molar-refractivity contribution in [3.05, 3.63) is 131 Å². The molecule has 1 aliphatic carbocycles. The van der Waals surface area contributed by atoms with Gasteiger partial charge in [0.05, 0.1) is 16.9 Å². The van der Waals surface area contributed by atoms with E-state index >= 15 is 0 Å². The molecule has 1 atom stereocenters. The Hall–Kier alpha value is -4.25. The van der Waals surface area contributed by atoms with Gasteiger partial charge < -0.3 is 4.74 Å². The number of rotatable bonds is 6. The number of halogens is 1. The van der Waals surface area contributed by atoms with Gasteiger partial charge in [-0.1, -0.05) is 60.7 Å². The molecule has 4 nitrogen and oxygen atoms in total. The van der Waals surface area contributed by atoms with Gasteiger partial charge >= 0.3 is 5.97 Å². The summed E-state index contributed by atoms with van der Waals surface area (Å²) in [5, 5.41) is 7.43. The summed E-state index contributed by atoms with van der Waals surface area (Å²) in [6.07, 6.45) is 3.83. The Morgan fingerprint density at radius 3 is 2.51 bits per heavy atom. The van der Waals surface area contributed by atoms with Crippen LogP contribution in [0.4, 0.5) is 4.39 Å². The van der Waals surface area contributed by atoms with Gasteiger partial charge in [0.15, 0.2) is 0 Å². The van der Waals surface area contributed by atoms with Crippen LogP contribution in [0.25, 0.3) is 16.5 Å². The first-order valence-electron chi connectivity index (χ1n) is 12.7. The van der Waals surface area contributed by atoms with Crippen LogP contribution in [0.2, 0.25) is 0 Å². The normalized spacial score (nSPS) is 14.9. The number of benzene rings is 4. The number of hydrogen-bond acceptors (Lipinski definition) is 3. The van der Waals surface area contributed by atoms with E-state index in [1.165, 1.54) is 28.5 Å². The van der Waals surface area contributed by atoms with Crippen molar-refractivity contribution in [2.24, 2.45) is 0 Å². The number of nitrogens with zero attached hydrogens (tertiary/aromatic N) is 2. The van der Waals surface area contributed by atoms with Gasteiger partial charge in [0.25, 0.3) is 0 Å². The molecule has 5 aromatic rings. The van der Waals surface area contributed by atoms with E-state index in [1.807, 2.05) is 22.9 Å². The molecule has 5 heteroatoms. The highest BCUT2D eigenvalue weighted by Crippen LogP contribution is 2.38. The highest BCUT2D eigenvalue weighted by atomic mass is 19.1. The van der Waals surface area contributed by atoms with Crippen molar-refractivity contribution in [3.8, 4) is 5.69 Å². The Labute approximate surface area is 215 Å². The maximum Gasteiger partial charge on any atom is 0.338 e. The molecule has 184 valence electrons. The molecule has 4 aromatic carbocycles. The van der Waals surface area contributed by atoms with E-state index in [-0.39, 0.29) is 24.3 Å². The standard InChI is InChI=1S/C32H27FN2O2/c33-26-16-18-27(19-17-26)35-31-25(20-24-12-6-11-22-8-4-5-14-28(22)24)13-7-15-29(31)30(34-35)21-37-32(36)23-9-2-1-3-10-23/h1-6,8-12,14,16-19,25H,7,13,15,20-21H2. The second-order valence-corrected chi connectivity index (χ2v) is 9.57. The third kappa shape index (κ3) is 4.65. The van der Waals surface area contributed by atoms with E-state index in [9.17, 15) is 9.18 Å². The van der Waals surface area contributed by atoms with Crippen LogP contribution < -0.4 is 0 Å². The Morgan fingerprint density at radius 2 is 1.68 bits per heavy atom. The lowest BCUT2D eigenvalue weighted by molar-refractivity contribution is 0.0466. The van der Waals surface area contributed by atoms with Gasteiger partial charge in [-0.25, -0.2) is 13.9 Å². The molecule has 0 radical (unpaired) electrons. The van der Waals surface area contributed by atoms with E-state index in [4.69, 9.17) is 9.84 Å². The second-order valence-electron chi connectivity index (χ2n) is 9.57. The average Bonchev–Trinajstić information content (AvgIpc) is 3.32. The van der Waals surface area contributed by atoms with E-state index in [0.29, 0.717) is 5.56 Å². The summed E-state index contributed by atoms with van der Waals surface area (Å²) < 4.78 is 21.4. The minimum atomic E-state index is -0.367.